The van der Waals surface area contributed by atoms with Gasteiger partial charge in [0.15, 0.2) is 9.84 Å². The van der Waals surface area contributed by atoms with Gasteiger partial charge in [-0.1, -0.05) is 13.8 Å². The highest BCUT2D eigenvalue weighted by Gasteiger charge is 2.22. The van der Waals surface area contributed by atoms with Crippen LogP contribution in [-0.4, -0.2) is 35.0 Å². The van der Waals surface area contributed by atoms with Crippen LogP contribution in [0.25, 0.3) is 0 Å². The number of hydrogen-bond acceptors (Lipinski definition) is 4. The summed E-state index contributed by atoms with van der Waals surface area (Å²) in [5, 5.41) is 12.7. The standard InChI is InChI=1S/C10H16N2O4S/c1-7(2)5-17(15,16)6-9-8(10(13)14)4-11-12(9)3/h4,7H,5-6H2,1-3H3,(H,13,14). The van der Waals surface area contributed by atoms with Crippen molar-refractivity contribution in [3.8, 4) is 0 Å². The monoisotopic (exact) mass is 260 g/mol. The average molecular weight is 260 g/mol. The van der Waals surface area contributed by atoms with Crippen molar-refractivity contribution in [3.05, 3.63) is 17.5 Å². The van der Waals surface area contributed by atoms with E-state index < -0.39 is 15.8 Å². The number of aromatic nitrogens is 2. The summed E-state index contributed by atoms with van der Waals surface area (Å²) in [4.78, 5) is 10.9. The van der Waals surface area contributed by atoms with Gasteiger partial charge in [0.05, 0.1) is 23.4 Å². The molecule has 0 aliphatic carbocycles. The molecular weight excluding hydrogens is 244 g/mol. The van der Waals surface area contributed by atoms with Crippen molar-refractivity contribution in [2.75, 3.05) is 5.75 Å². The summed E-state index contributed by atoms with van der Waals surface area (Å²) in [6.45, 7) is 3.61. The second-order valence-electron chi connectivity index (χ2n) is 4.38. The van der Waals surface area contributed by atoms with Gasteiger partial charge in [-0.25, -0.2) is 13.2 Å². The Labute approximate surface area is 100 Å². The molecule has 0 bridgehead atoms. The summed E-state index contributed by atoms with van der Waals surface area (Å²) >= 11 is 0. The number of rotatable bonds is 5. The first-order valence-corrected chi connectivity index (χ1v) is 6.99. The van der Waals surface area contributed by atoms with E-state index in [0.717, 1.165) is 0 Å². The summed E-state index contributed by atoms with van der Waals surface area (Å²) in [6.07, 6.45) is 1.17. The molecule has 0 fully saturated rings. The Balaban J connectivity index is 3.03. The average Bonchev–Trinajstić information content (AvgIpc) is 2.44. The number of aryl methyl sites for hydroxylation is 1. The highest BCUT2D eigenvalue weighted by Crippen LogP contribution is 2.14. The Hall–Kier alpha value is -1.37. The van der Waals surface area contributed by atoms with Gasteiger partial charge in [-0.2, -0.15) is 5.10 Å². The zero-order valence-electron chi connectivity index (χ0n) is 10.0. The fourth-order valence-corrected chi connectivity index (χ4v) is 3.48. The molecule has 0 atom stereocenters. The van der Waals surface area contributed by atoms with E-state index in [1.807, 2.05) is 0 Å². The van der Waals surface area contributed by atoms with Gasteiger partial charge in [-0.3, -0.25) is 4.68 Å². The quantitative estimate of drug-likeness (QED) is 0.841. The lowest BCUT2D eigenvalue weighted by Gasteiger charge is -2.08. The maximum absolute atomic E-state index is 11.8. The lowest BCUT2D eigenvalue weighted by molar-refractivity contribution is 0.0696. The zero-order chi connectivity index (χ0) is 13.2. The molecule has 1 aromatic heterocycles. The number of hydrogen-bond donors (Lipinski definition) is 1. The molecule has 0 aliphatic rings. The maximum Gasteiger partial charge on any atom is 0.339 e. The number of carboxylic acid groups (broad SMARTS) is 1. The van der Waals surface area contributed by atoms with Crippen LogP contribution in [0.5, 0.6) is 0 Å². The molecule has 1 N–H and O–H groups in total. The molecule has 1 aromatic rings. The van der Waals surface area contributed by atoms with E-state index in [1.54, 1.807) is 13.8 Å². The van der Waals surface area contributed by atoms with Crippen molar-refractivity contribution in [2.24, 2.45) is 13.0 Å². The highest BCUT2D eigenvalue weighted by molar-refractivity contribution is 7.90. The van der Waals surface area contributed by atoms with Crippen LogP contribution in [0.4, 0.5) is 0 Å². The van der Waals surface area contributed by atoms with Gasteiger partial charge in [0, 0.05) is 7.05 Å². The van der Waals surface area contributed by atoms with Gasteiger partial charge in [0.1, 0.15) is 5.56 Å². The molecule has 7 heteroatoms. The van der Waals surface area contributed by atoms with Crippen LogP contribution in [0.3, 0.4) is 0 Å². The van der Waals surface area contributed by atoms with Crippen LogP contribution in [0.15, 0.2) is 6.20 Å². The van der Waals surface area contributed by atoms with E-state index in [-0.39, 0.29) is 28.7 Å². The van der Waals surface area contributed by atoms with Crippen LogP contribution in [-0.2, 0) is 22.6 Å². The van der Waals surface area contributed by atoms with Crippen molar-refractivity contribution in [1.82, 2.24) is 9.78 Å². The van der Waals surface area contributed by atoms with Gasteiger partial charge in [0.2, 0.25) is 0 Å². The largest absolute Gasteiger partial charge is 0.478 e. The minimum atomic E-state index is -3.31. The molecule has 6 nitrogen and oxygen atoms in total. The number of nitrogens with zero attached hydrogens (tertiary/aromatic N) is 2. The molecule has 17 heavy (non-hydrogen) atoms. The summed E-state index contributed by atoms with van der Waals surface area (Å²) < 4.78 is 24.9. The van der Waals surface area contributed by atoms with Crippen molar-refractivity contribution in [2.45, 2.75) is 19.6 Å². The number of sulfone groups is 1. The zero-order valence-corrected chi connectivity index (χ0v) is 10.9. The summed E-state index contributed by atoms with van der Waals surface area (Å²) in [7, 11) is -1.77. The molecule has 0 unspecified atom stereocenters. The summed E-state index contributed by atoms with van der Waals surface area (Å²) in [6, 6.07) is 0. The van der Waals surface area contributed by atoms with E-state index in [9.17, 15) is 13.2 Å². The minimum Gasteiger partial charge on any atom is -0.478 e. The first-order chi connectivity index (χ1) is 7.73. The summed E-state index contributed by atoms with van der Waals surface area (Å²) in [5.74, 6) is -1.39. The Morgan fingerprint density at radius 2 is 2.12 bits per heavy atom. The van der Waals surface area contributed by atoms with Crippen LogP contribution >= 0.6 is 0 Å². The fourth-order valence-electron chi connectivity index (χ4n) is 1.59. The molecule has 0 aliphatic heterocycles. The van der Waals surface area contributed by atoms with Crippen molar-refractivity contribution in [1.29, 1.82) is 0 Å². The fraction of sp³-hybridized carbons (Fsp3) is 0.600. The first kappa shape index (κ1) is 13.7. The third kappa shape index (κ3) is 3.55. The highest BCUT2D eigenvalue weighted by atomic mass is 32.2. The maximum atomic E-state index is 11.8. The van der Waals surface area contributed by atoms with Crippen LogP contribution < -0.4 is 0 Å². The van der Waals surface area contributed by atoms with E-state index in [2.05, 4.69) is 5.10 Å². The number of carboxylic acids is 1. The second kappa shape index (κ2) is 4.87. The molecule has 1 rings (SSSR count). The molecule has 1 heterocycles. The Morgan fingerprint density at radius 1 is 1.53 bits per heavy atom. The first-order valence-electron chi connectivity index (χ1n) is 5.17. The Bertz CT molecular complexity index is 516. The second-order valence-corrected chi connectivity index (χ2v) is 6.49. The molecule has 0 spiro atoms. The van der Waals surface area contributed by atoms with Gasteiger partial charge in [-0.15, -0.1) is 0 Å². The van der Waals surface area contributed by atoms with Crippen molar-refractivity contribution < 1.29 is 18.3 Å². The Kier molecular flexibility index (Phi) is 3.92. The van der Waals surface area contributed by atoms with E-state index in [0.29, 0.717) is 0 Å². The summed E-state index contributed by atoms with van der Waals surface area (Å²) in [5.41, 5.74) is 0.165. The van der Waals surface area contributed by atoms with Crippen LogP contribution in [0, 0.1) is 5.92 Å². The molecule has 0 saturated carbocycles. The number of carbonyl (C=O) groups is 1. The lowest BCUT2D eigenvalue weighted by Crippen LogP contribution is -2.17. The normalized spacial score (nSPS) is 12.0. The third-order valence-electron chi connectivity index (χ3n) is 2.24. The lowest BCUT2D eigenvalue weighted by atomic mass is 10.3. The topological polar surface area (TPSA) is 89.3 Å². The van der Waals surface area contributed by atoms with Crippen molar-refractivity contribution in [3.63, 3.8) is 0 Å². The van der Waals surface area contributed by atoms with E-state index in [4.69, 9.17) is 5.11 Å². The van der Waals surface area contributed by atoms with E-state index in [1.165, 1.54) is 17.9 Å². The predicted molar refractivity (Wildman–Crippen MR) is 62.5 cm³/mol. The molecule has 96 valence electrons. The molecule has 0 radical (unpaired) electrons. The van der Waals surface area contributed by atoms with Crippen LogP contribution in [0.1, 0.15) is 29.9 Å². The van der Waals surface area contributed by atoms with Crippen LogP contribution in [0.2, 0.25) is 0 Å². The van der Waals surface area contributed by atoms with E-state index >= 15 is 0 Å². The van der Waals surface area contributed by atoms with Gasteiger partial charge < -0.3 is 5.11 Å². The minimum absolute atomic E-state index is 0.0153. The smallest absolute Gasteiger partial charge is 0.339 e. The van der Waals surface area contributed by atoms with Gasteiger partial charge in [0.25, 0.3) is 0 Å². The van der Waals surface area contributed by atoms with Gasteiger partial charge in [-0.05, 0) is 5.92 Å². The predicted octanol–water partition coefficient (Wildman–Crippen LogP) is 0.689. The molecule has 0 amide bonds. The third-order valence-corrected chi connectivity index (χ3v) is 4.12. The molecule has 0 aromatic carbocycles. The molecule has 0 saturated heterocycles. The SMILES string of the molecule is CC(C)CS(=O)(=O)Cc1c(C(=O)O)cnn1C. The Morgan fingerprint density at radius 3 is 2.59 bits per heavy atom. The number of aromatic carboxylic acids is 1. The molecular formula is C10H16N2O4S. The van der Waals surface area contributed by atoms with Crippen molar-refractivity contribution >= 4 is 15.8 Å². The van der Waals surface area contributed by atoms with Gasteiger partial charge >= 0.3 is 5.97 Å².